The van der Waals surface area contributed by atoms with Crippen LogP contribution in [0.1, 0.15) is 22.5 Å². The largest absolute Gasteiger partial charge is 0.490 e. The zero-order chi connectivity index (χ0) is 23.3. The van der Waals surface area contributed by atoms with Crippen LogP contribution in [0.5, 0.6) is 5.75 Å². The lowest BCUT2D eigenvalue weighted by Gasteiger charge is -2.43. The molecule has 2 fully saturated rings. The maximum Gasteiger partial charge on any atom is 0.257 e. The molecular weight excluding hydrogens is 448 g/mol. The van der Waals surface area contributed by atoms with Gasteiger partial charge in [0, 0.05) is 30.9 Å². The fourth-order valence-corrected chi connectivity index (χ4v) is 4.19. The van der Waals surface area contributed by atoms with Crippen molar-refractivity contribution >= 4 is 23.4 Å². The van der Waals surface area contributed by atoms with Gasteiger partial charge < -0.3 is 24.0 Å². The van der Waals surface area contributed by atoms with Crippen LogP contribution in [0.2, 0.25) is 5.02 Å². The number of aromatic nitrogens is 2. The van der Waals surface area contributed by atoms with E-state index in [9.17, 15) is 9.59 Å². The maximum absolute atomic E-state index is 13.2. The molecule has 1 atom stereocenters. The third kappa shape index (κ3) is 5.79. The average Bonchev–Trinajstić information content (AvgIpc) is 2.83. The lowest BCUT2D eigenvalue weighted by Crippen LogP contribution is -2.58. The van der Waals surface area contributed by atoms with Crippen molar-refractivity contribution in [3.63, 3.8) is 0 Å². The van der Waals surface area contributed by atoms with Crippen molar-refractivity contribution in [3.05, 3.63) is 53.1 Å². The van der Waals surface area contributed by atoms with E-state index in [2.05, 4.69) is 9.97 Å². The SMILES string of the molecule is Cc1ncncc1C(=O)N1CCO[C@@](COc2cccc(Cl)c2)(CC(=O)N2CCOCC2)C1. The number of carbonyl (C=O) groups is 2. The molecule has 4 rings (SSSR count). The fourth-order valence-electron chi connectivity index (χ4n) is 4.01. The van der Waals surface area contributed by atoms with E-state index in [1.807, 2.05) is 0 Å². The van der Waals surface area contributed by atoms with Crippen molar-refractivity contribution in [3.8, 4) is 5.75 Å². The molecule has 9 nitrogen and oxygen atoms in total. The first-order valence-electron chi connectivity index (χ1n) is 10.9. The van der Waals surface area contributed by atoms with Crippen molar-refractivity contribution < 1.29 is 23.8 Å². The van der Waals surface area contributed by atoms with Crippen molar-refractivity contribution in [1.82, 2.24) is 19.8 Å². The lowest BCUT2D eigenvalue weighted by atomic mass is 9.96. The molecule has 33 heavy (non-hydrogen) atoms. The number of halogens is 1. The molecule has 2 aliphatic rings. The summed E-state index contributed by atoms with van der Waals surface area (Å²) in [6.07, 6.45) is 3.01. The van der Waals surface area contributed by atoms with E-state index < -0.39 is 5.60 Å². The summed E-state index contributed by atoms with van der Waals surface area (Å²) in [6, 6.07) is 7.04. The molecule has 10 heteroatoms. The number of ether oxygens (including phenoxy) is 3. The second-order valence-electron chi connectivity index (χ2n) is 8.20. The topological polar surface area (TPSA) is 94.1 Å². The Hall–Kier alpha value is -2.75. The summed E-state index contributed by atoms with van der Waals surface area (Å²) in [5, 5.41) is 0.548. The highest BCUT2D eigenvalue weighted by molar-refractivity contribution is 6.30. The number of amides is 2. The van der Waals surface area contributed by atoms with Crippen LogP contribution in [0.3, 0.4) is 0 Å². The molecular formula is C23H27ClN4O5. The third-order valence-electron chi connectivity index (χ3n) is 5.81. The Bertz CT molecular complexity index is 1000. The molecule has 2 saturated heterocycles. The normalized spacial score (nSPS) is 21.0. The number of nitrogens with zero attached hydrogens (tertiary/aromatic N) is 4. The summed E-state index contributed by atoms with van der Waals surface area (Å²) in [4.78, 5) is 37.9. The van der Waals surface area contributed by atoms with Crippen molar-refractivity contribution in [2.45, 2.75) is 18.9 Å². The van der Waals surface area contributed by atoms with E-state index >= 15 is 0 Å². The first-order chi connectivity index (χ1) is 16.0. The number of hydrogen-bond donors (Lipinski definition) is 0. The highest BCUT2D eigenvalue weighted by Crippen LogP contribution is 2.27. The average molecular weight is 475 g/mol. The Kier molecular flexibility index (Phi) is 7.42. The molecule has 1 aromatic carbocycles. The number of benzene rings is 1. The van der Waals surface area contributed by atoms with E-state index in [0.29, 0.717) is 54.9 Å². The van der Waals surface area contributed by atoms with Gasteiger partial charge in [-0.15, -0.1) is 0 Å². The van der Waals surface area contributed by atoms with E-state index in [4.69, 9.17) is 25.8 Å². The molecule has 2 aromatic rings. The van der Waals surface area contributed by atoms with Gasteiger partial charge in [-0.3, -0.25) is 9.59 Å². The highest BCUT2D eigenvalue weighted by Gasteiger charge is 2.42. The minimum Gasteiger partial charge on any atom is -0.490 e. The minimum absolute atomic E-state index is 0.0541. The summed E-state index contributed by atoms with van der Waals surface area (Å²) >= 11 is 6.09. The number of aryl methyl sites for hydroxylation is 1. The van der Waals surface area contributed by atoms with E-state index in [1.54, 1.807) is 41.0 Å². The first-order valence-corrected chi connectivity index (χ1v) is 11.3. The molecule has 0 saturated carbocycles. The van der Waals surface area contributed by atoms with Crippen molar-refractivity contribution in [2.24, 2.45) is 0 Å². The zero-order valence-electron chi connectivity index (χ0n) is 18.5. The van der Waals surface area contributed by atoms with Crippen LogP contribution in [0, 0.1) is 6.92 Å². The molecule has 3 heterocycles. The quantitative estimate of drug-likeness (QED) is 0.631. The number of rotatable bonds is 6. The smallest absolute Gasteiger partial charge is 0.257 e. The number of hydrogen-bond acceptors (Lipinski definition) is 7. The van der Waals surface area contributed by atoms with E-state index in [1.165, 1.54) is 12.5 Å². The molecule has 176 valence electrons. The van der Waals surface area contributed by atoms with Gasteiger partial charge in [-0.2, -0.15) is 0 Å². The summed E-state index contributed by atoms with van der Waals surface area (Å²) < 4.78 is 17.5. The van der Waals surface area contributed by atoms with Gasteiger partial charge in [-0.1, -0.05) is 17.7 Å². The third-order valence-corrected chi connectivity index (χ3v) is 6.05. The summed E-state index contributed by atoms with van der Waals surface area (Å²) in [6.45, 7) is 4.85. The van der Waals surface area contributed by atoms with Crippen LogP contribution in [0.4, 0.5) is 0 Å². The van der Waals surface area contributed by atoms with Gasteiger partial charge in [0.05, 0.1) is 44.0 Å². The lowest BCUT2D eigenvalue weighted by molar-refractivity contribution is -0.155. The maximum atomic E-state index is 13.2. The Balaban J connectivity index is 1.54. The Morgan fingerprint density at radius 2 is 1.97 bits per heavy atom. The van der Waals surface area contributed by atoms with Gasteiger partial charge in [-0.05, 0) is 25.1 Å². The van der Waals surface area contributed by atoms with Gasteiger partial charge in [0.25, 0.3) is 5.91 Å². The molecule has 2 amide bonds. The first kappa shape index (κ1) is 23.4. The van der Waals surface area contributed by atoms with Gasteiger partial charge >= 0.3 is 0 Å². The second-order valence-corrected chi connectivity index (χ2v) is 8.63. The highest BCUT2D eigenvalue weighted by atomic mass is 35.5. The second kappa shape index (κ2) is 10.5. The molecule has 0 radical (unpaired) electrons. The number of carbonyl (C=O) groups excluding carboxylic acids is 2. The molecule has 0 aliphatic carbocycles. The van der Waals surface area contributed by atoms with Gasteiger partial charge in [-0.25, -0.2) is 9.97 Å². The van der Waals surface area contributed by atoms with Crippen LogP contribution >= 0.6 is 11.6 Å². The van der Waals surface area contributed by atoms with Crippen molar-refractivity contribution in [1.29, 1.82) is 0 Å². The molecule has 0 spiro atoms. The zero-order valence-corrected chi connectivity index (χ0v) is 19.3. The van der Waals surface area contributed by atoms with E-state index in [0.717, 1.165) is 0 Å². The van der Waals surface area contributed by atoms with Crippen molar-refractivity contribution in [2.75, 3.05) is 52.6 Å². The van der Waals surface area contributed by atoms with E-state index in [-0.39, 0.29) is 38.0 Å². The Labute approximate surface area is 197 Å². The fraction of sp³-hybridized carbons (Fsp3) is 0.478. The van der Waals surface area contributed by atoms with Gasteiger partial charge in [0.15, 0.2) is 0 Å². The van der Waals surface area contributed by atoms with Crippen LogP contribution in [-0.4, -0.2) is 89.8 Å². The number of morpholine rings is 2. The Morgan fingerprint density at radius 3 is 2.73 bits per heavy atom. The summed E-state index contributed by atoms with van der Waals surface area (Å²) in [7, 11) is 0. The minimum atomic E-state index is -1.00. The summed E-state index contributed by atoms with van der Waals surface area (Å²) in [5.74, 6) is 0.323. The van der Waals surface area contributed by atoms with Crippen LogP contribution in [0.25, 0.3) is 0 Å². The Morgan fingerprint density at radius 1 is 1.18 bits per heavy atom. The van der Waals surface area contributed by atoms with Crippen LogP contribution in [-0.2, 0) is 14.3 Å². The molecule has 2 aliphatic heterocycles. The van der Waals surface area contributed by atoms with Crippen LogP contribution in [0.15, 0.2) is 36.8 Å². The predicted molar refractivity (Wildman–Crippen MR) is 120 cm³/mol. The molecule has 0 unspecified atom stereocenters. The molecule has 0 N–H and O–H groups in total. The standard InChI is InChI=1S/C23H27ClN4O5/c1-17-20(13-25-16-26-17)22(30)28-7-10-33-23(14-28,12-21(29)27-5-8-31-9-6-27)15-32-19-4-2-3-18(24)11-19/h2-4,11,13,16H,5-10,12,14-15H2,1H3/t23-/m0/s1. The van der Waals surface area contributed by atoms with Gasteiger partial charge in [0.2, 0.25) is 5.91 Å². The van der Waals surface area contributed by atoms with Gasteiger partial charge in [0.1, 0.15) is 24.3 Å². The molecule has 0 bridgehead atoms. The predicted octanol–water partition coefficient (Wildman–Crippen LogP) is 1.98. The summed E-state index contributed by atoms with van der Waals surface area (Å²) in [5.41, 5.74) is 0.0324. The monoisotopic (exact) mass is 474 g/mol. The van der Waals surface area contributed by atoms with Crippen LogP contribution < -0.4 is 4.74 Å². The molecule has 1 aromatic heterocycles.